The first-order chi connectivity index (χ1) is 10.2. The summed E-state index contributed by atoms with van der Waals surface area (Å²) in [6.07, 6.45) is 12.1. The maximum Gasteiger partial charge on any atom is 0.0163 e. The maximum atomic E-state index is 2.65. The SMILES string of the molecule is CC(C)(C)C1CCCC(/C=C/CN2CCC(C(C)(C)C)C2)C1. The summed E-state index contributed by atoms with van der Waals surface area (Å²) in [5, 5.41) is 0. The zero-order valence-electron chi connectivity index (χ0n) is 16.0. The van der Waals surface area contributed by atoms with Gasteiger partial charge >= 0.3 is 0 Å². The van der Waals surface area contributed by atoms with Gasteiger partial charge in [0.05, 0.1) is 0 Å². The van der Waals surface area contributed by atoms with Gasteiger partial charge in [-0.05, 0) is 60.8 Å². The molecular weight excluding hydrogens is 266 g/mol. The summed E-state index contributed by atoms with van der Waals surface area (Å²) in [6, 6.07) is 0. The number of nitrogens with zero attached hydrogens (tertiary/aromatic N) is 1. The third kappa shape index (κ3) is 5.11. The molecule has 3 atom stereocenters. The second-order valence-corrected chi connectivity index (χ2v) is 10.0. The fourth-order valence-corrected chi connectivity index (χ4v) is 4.30. The Morgan fingerprint density at radius 2 is 1.59 bits per heavy atom. The smallest absolute Gasteiger partial charge is 0.0163 e. The number of allylic oxidation sites excluding steroid dienone is 1. The summed E-state index contributed by atoms with van der Waals surface area (Å²) in [5.74, 6) is 2.62. The van der Waals surface area contributed by atoms with Crippen molar-refractivity contribution in [2.45, 2.75) is 73.6 Å². The van der Waals surface area contributed by atoms with Crippen molar-refractivity contribution in [1.82, 2.24) is 4.90 Å². The van der Waals surface area contributed by atoms with Crippen LogP contribution in [0, 0.1) is 28.6 Å². The quantitative estimate of drug-likeness (QED) is 0.599. The van der Waals surface area contributed by atoms with Crippen molar-refractivity contribution < 1.29 is 0 Å². The van der Waals surface area contributed by atoms with Crippen molar-refractivity contribution >= 4 is 0 Å². The van der Waals surface area contributed by atoms with E-state index in [0.717, 1.165) is 17.8 Å². The van der Waals surface area contributed by atoms with Crippen LogP contribution in [-0.2, 0) is 0 Å². The van der Waals surface area contributed by atoms with Crippen LogP contribution in [0.4, 0.5) is 0 Å². The zero-order chi connectivity index (χ0) is 16.4. The normalized spacial score (nSPS) is 32.0. The highest BCUT2D eigenvalue weighted by molar-refractivity contribution is 4.96. The standard InChI is InChI=1S/C21H39N/c1-20(2,3)18-11-7-9-17(15-18)10-8-13-22-14-12-19(16-22)21(4,5)6/h8,10,17-19H,7,9,11-16H2,1-6H3/b10-8+. The minimum atomic E-state index is 0.474. The van der Waals surface area contributed by atoms with E-state index in [0.29, 0.717) is 10.8 Å². The molecule has 0 radical (unpaired) electrons. The van der Waals surface area contributed by atoms with E-state index in [2.05, 4.69) is 58.6 Å². The third-order valence-corrected chi connectivity index (χ3v) is 6.21. The first-order valence-corrected chi connectivity index (χ1v) is 9.55. The highest BCUT2D eigenvalue weighted by Gasteiger charge is 2.31. The number of hydrogen-bond acceptors (Lipinski definition) is 1. The van der Waals surface area contributed by atoms with Gasteiger partial charge in [0.25, 0.3) is 0 Å². The van der Waals surface area contributed by atoms with Crippen LogP contribution in [0.5, 0.6) is 0 Å². The summed E-state index contributed by atoms with van der Waals surface area (Å²) in [5.41, 5.74) is 0.961. The molecule has 0 aromatic heterocycles. The molecule has 1 nitrogen and oxygen atoms in total. The summed E-state index contributed by atoms with van der Waals surface area (Å²) in [4.78, 5) is 2.65. The number of likely N-dealkylation sites (tertiary alicyclic amines) is 1. The Morgan fingerprint density at radius 1 is 0.909 bits per heavy atom. The first-order valence-electron chi connectivity index (χ1n) is 9.55. The number of hydrogen-bond donors (Lipinski definition) is 0. The van der Waals surface area contributed by atoms with Crippen LogP contribution in [-0.4, -0.2) is 24.5 Å². The van der Waals surface area contributed by atoms with Crippen LogP contribution in [0.15, 0.2) is 12.2 Å². The summed E-state index contributed by atoms with van der Waals surface area (Å²) in [6.45, 7) is 18.2. The second-order valence-electron chi connectivity index (χ2n) is 10.0. The van der Waals surface area contributed by atoms with Gasteiger partial charge in [-0.3, -0.25) is 4.90 Å². The van der Waals surface area contributed by atoms with Crippen LogP contribution in [0.3, 0.4) is 0 Å². The van der Waals surface area contributed by atoms with Gasteiger partial charge < -0.3 is 0 Å². The Labute approximate surface area is 139 Å². The molecule has 0 aromatic rings. The molecule has 2 fully saturated rings. The molecular formula is C21H39N. The van der Waals surface area contributed by atoms with Gasteiger partial charge in [-0.1, -0.05) is 60.1 Å². The van der Waals surface area contributed by atoms with Gasteiger partial charge in [-0.25, -0.2) is 0 Å². The third-order valence-electron chi connectivity index (χ3n) is 6.21. The molecule has 1 saturated heterocycles. The van der Waals surface area contributed by atoms with Crippen molar-refractivity contribution in [3.8, 4) is 0 Å². The zero-order valence-corrected chi connectivity index (χ0v) is 16.0. The predicted molar refractivity (Wildman–Crippen MR) is 98.0 cm³/mol. The Bertz CT molecular complexity index is 368. The van der Waals surface area contributed by atoms with Crippen molar-refractivity contribution in [2.24, 2.45) is 28.6 Å². The van der Waals surface area contributed by atoms with E-state index in [4.69, 9.17) is 0 Å². The van der Waals surface area contributed by atoms with E-state index in [1.54, 1.807) is 0 Å². The lowest BCUT2D eigenvalue weighted by Crippen LogP contribution is -2.27. The van der Waals surface area contributed by atoms with Gasteiger partial charge in [0.15, 0.2) is 0 Å². The van der Waals surface area contributed by atoms with E-state index in [-0.39, 0.29) is 0 Å². The van der Waals surface area contributed by atoms with Gasteiger partial charge in [-0.15, -0.1) is 0 Å². The van der Waals surface area contributed by atoms with Gasteiger partial charge in [0, 0.05) is 13.1 Å². The first kappa shape index (κ1) is 18.0. The molecule has 1 aliphatic heterocycles. The summed E-state index contributed by atoms with van der Waals surface area (Å²) in [7, 11) is 0. The minimum Gasteiger partial charge on any atom is -0.299 e. The van der Waals surface area contributed by atoms with Crippen molar-refractivity contribution in [2.75, 3.05) is 19.6 Å². The van der Waals surface area contributed by atoms with Crippen molar-refractivity contribution in [3.63, 3.8) is 0 Å². The minimum absolute atomic E-state index is 0.474. The Kier molecular flexibility index (Phi) is 5.80. The average molecular weight is 306 g/mol. The molecule has 0 N–H and O–H groups in total. The molecule has 1 heteroatoms. The van der Waals surface area contributed by atoms with Crippen LogP contribution in [0.1, 0.15) is 73.6 Å². The van der Waals surface area contributed by atoms with Crippen LogP contribution < -0.4 is 0 Å². The molecule has 1 saturated carbocycles. The van der Waals surface area contributed by atoms with E-state index < -0.39 is 0 Å². The average Bonchev–Trinajstić information content (AvgIpc) is 2.87. The Morgan fingerprint density at radius 3 is 2.18 bits per heavy atom. The Balaban J connectivity index is 1.76. The van der Waals surface area contributed by atoms with E-state index in [9.17, 15) is 0 Å². The summed E-state index contributed by atoms with van der Waals surface area (Å²) < 4.78 is 0. The second kappa shape index (κ2) is 7.07. The molecule has 2 aliphatic rings. The fourth-order valence-electron chi connectivity index (χ4n) is 4.30. The molecule has 2 rings (SSSR count). The topological polar surface area (TPSA) is 3.24 Å². The van der Waals surface area contributed by atoms with E-state index in [1.165, 1.54) is 51.7 Å². The maximum absolute atomic E-state index is 2.65. The van der Waals surface area contributed by atoms with E-state index >= 15 is 0 Å². The predicted octanol–water partition coefficient (Wildman–Crippen LogP) is 5.76. The van der Waals surface area contributed by atoms with Gasteiger partial charge in [0.2, 0.25) is 0 Å². The molecule has 0 amide bonds. The van der Waals surface area contributed by atoms with Crippen LogP contribution in [0.2, 0.25) is 0 Å². The van der Waals surface area contributed by atoms with E-state index in [1.807, 2.05) is 0 Å². The molecule has 3 unspecified atom stereocenters. The highest BCUT2D eigenvalue weighted by atomic mass is 15.1. The highest BCUT2D eigenvalue weighted by Crippen LogP contribution is 2.40. The molecule has 0 aromatic carbocycles. The van der Waals surface area contributed by atoms with Gasteiger partial charge in [-0.2, -0.15) is 0 Å². The largest absolute Gasteiger partial charge is 0.299 e. The summed E-state index contributed by atoms with van der Waals surface area (Å²) >= 11 is 0. The van der Waals surface area contributed by atoms with Crippen molar-refractivity contribution in [1.29, 1.82) is 0 Å². The molecule has 22 heavy (non-hydrogen) atoms. The lowest BCUT2D eigenvalue weighted by Gasteiger charge is -2.37. The molecule has 128 valence electrons. The fraction of sp³-hybridized carbons (Fsp3) is 0.905. The van der Waals surface area contributed by atoms with Crippen LogP contribution >= 0.6 is 0 Å². The molecule has 1 heterocycles. The lowest BCUT2D eigenvalue weighted by molar-refractivity contribution is 0.157. The Hall–Kier alpha value is -0.300. The van der Waals surface area contributed by atoms with Crippen LogP contribution in [0.25, 0.3) is 0 Å². The monoisotopic (exact) mass is 305 g/mol. The molecule has 1 aliphatic carbocycles. The molecule has 0 spiro atoms. The molecule has 0 bridgehead atoms. The lowest BCUT2D eigenvalue weighted by atomic mass is 9.69. The number of rotatable bonds is 3. The van der Waals surface area contributed by atoms with Gasteiger partial charge in [0.1, 0.15) is 0 Å². The van der Waals surface area contributed by atoms with Crippen molar-refractivity contribution in [3.05, 3.63) is 12.2 Å².